The van der Waals surface area contributed by atoms with Gasteiger partial charge in [0.2, 0.25) is 5.91 Å². The van der Waals surface area contributed by atoms with Crippen molar-refractivity contribution in [1.29, 1.82) is 0 Å². The van der Waals surface area contributed by atoms with Gasteiger partial charge >= 0.3 is 5.97 Å². The summed E-state index contributed by atoms with van der Waals surface area (Å²) in [5, 5.41) is 5.16. The summed E-state index contributed by atoms with van der Waals surface area (Å²) in [5.74, 6) is 0.0280. The molecule has 2 aromatic carbocycles. The minimum absolute atomic E-state index is 0.257. The molecule has 0 aliphatic carbocycles. The van der Waals surface area contributed by atoms with E-state index in [2.05, 4.69) is 12.2 Å². The lowest BCUT2D eigenvalue weighted by molar-refractivity contribution is -0.111. The first-order valence-corrected chi connectivity index (χ1v) is 11.5. The van der Waals surface area contributed by atoms with E-state index in [1.54, 1.807) is 13.0 Å². The van der Waals surface area contributed by atoms with E-state index < -0.39 is 5.97 Å². The van der Waals surface area contributed by atoms with E-state index in [-0.39, 0.29) is 12.5 Å². The molecule has 0 radical (unpaired) electrons. The third-order valence-corrected chi connectivity index (χ3v) is 5.55. The SMILES string of the molecule is CCCOc1ccc(/C=C/C(=O)Nc2scc(-c3ccc(C)cc3)c2C(=O)OCC)cc1. The Kier molecular flexibility index (Phi) is 8.22. The van der Waals surface area contributed by atoms with Crippen molar-refractivity contribution in [2.75, 3.05) is 18.5 Å². The van der Waals surface area contributed by atoms with Crippen LogP contribution in [0, 0.1) is 6.92 Å². The van der Waals surface area contributed by atoms with E-state index in [0.717, 1.165) is 34.4 Å². The minimum Gasteiger partial charge on any atom is -0.494 e. The fourth-order valence-corrected chi connectivity index (χ4v) is 3.98. The number of anilines is 1. The molecule has 3 aromatic rings. The lowest BCUT2D eigenvalue weighted by atomic mass is 10.0. The van der Waals surface area contributed by atoms with Crippen LogP contribution in [-0.2, 0) is 9.53 Å². The van der Waals surface area contributed by atoms with Gasteiger partial charge in [-0.1, -0.05) is 48.9 Å². The topological polar surface area (TPSA) is 64.6 Å². The van der Waals surface area contributed by atoms with Crippen molar-refractivity contribution < 1.29 is 19.1 Å². The van der Waals surface area contributed by atoms with Crippen molar-refractivity contribution >= 4 is 34.3 Å². The molecule has 0 atom stereocenters. The summed E-state index contributed by atoms with van der Waals surface area (Å²) in [6.45, 7) is 6.75. The Morgan fingerprint density at radius 1 is 1.03 bits per heavy atom. The molecule has 0 bridgehead atoms. The number of nitrogens with one attached hydrogen (secondary N) is 1. The maximum Gasteiger partial charge on any atom is 0.341 e. The highest BCUT2D eigenvalue weighted by molar-refractivity contribution is 7.15. The summed E-state index contributed by atoms with van der Waals surface area (Å²) in [5.41, 5.74) is 4.03. The first kappa shape index (κ1) is 23.3. The fourth-order valence-electron chi connectivity index (χ4n) is 3.02. The zero-order valence-corrected chi connectivity index (χ0v) is 19.3. The van der Waals surface area contributed by atoms with E-state index in [4.69, 9.17) is 9.47 Å². The van der Waals surface area contributed by atoms with Crippen LogP contribution in [0.25, 0.3) is 17.2 Å². The van der Waals surface area contributed by atoms with Gasteiger partial charge in [-0.2, -0.15) is 0 Å². The number of aryl methyl sites for hydroxylation is 1. The van der Waals surface area contributed by atoms with Crippen molar-refractivity contribution in [1.82, 2.24) is 0 Å². The van der Waals surface area contributed by atoms with Gasteiger partial charge in [0, 0.05) is 17.0 Å². The minimum atomic E-state index is -0.453. The molecule has 1 aromatic heterocycles. The van der Waals surface area contributed by atoms with Crippen LogP contribution in [0.1, 0.15) is 41.8 Å². The van der Waals surface area contributed by atoms with Gasteiger partial charge in [-0.3, -0.25) is 4.79 Å². The van der Waals surface area contributed by atoms with Gasteiger partial charge in [0.25, 0.3) is 0 Å². The predicted octanol–water partition coefficient (Wildman–Crippen LogP) is 6.34. The summed E-state index contributed by atoms with van der Waals surface area (Å²) in [7, 11) is 0. The van der Waals surface area contributed by atoms with Crippen LogP contribution in [0.5, 0.6) is 5.75 Å². The maximum atomic E-state index is 12.7. The molecule has 3 rings (SSSR count). The normalized spacial score (nSPS) is 10.8. The molecule has 0 saturated heterocycles. The number of hydrogen-bond donors (Lipinski definition) is 1. The summed E-state index contributed by atoms with van der Waals surface area (Å²) < 4.78 is 10.8. The highest BCUT2D eigenvalue weighted by Crippen LogP contribution is 2.36. The first-order valence-electron chi connectivity index (χ1n) is 10.6. The van der Waals surface area contributed by atoms with Crippen LogP contribution in [-0.4, -0.2) is 25.1 Å². The molecule has 5 nitrogen and oxygen atoms in total. The van der Waals surface area contributed by atoms with E-state index in [0.29, 0.717) is 17.2 Å². The Labute approximate surface area is 192 Å². The van der Waals surface area contributed by atoms with Crippen LogP contribution in [0.15, 0.2) is 60.0 Å². The van der Waals surface area contributed by atoms with Crippen molar-refractivity contribution in [3.05, 3.63) is 76.7 Å². The second-order valence-corrected chi connectivity index (χ2v) is 8.06. The van der Waals surface area contributed by atoms with E-state index >= 15 is 0 Å². The quantitative estimate of drug-likeness (QED) is 0.306. The molecular formula is C26H27NO4S. The zero-order valence-electron chi connectivity index (χ0n) is 18.5. The third-order valence-electron chi connectivity index (χ3n) is 4.65. The standard InChI is InChI=1S/C26H27NO4S/c1-4-16-31-21-13-8-19(9-14-21)10-15-23(28)27-25-24(26(29)30-5-2)22(17-32-25)20-11-6-18(3)7-12-20/h6-15,17H,4-5,16H2,1-3H3,(H,27,28)/b15-10+. The van der Waals surface area contributed by atoms with Crippen LogP contribution in [0.4, 0.5) is 5.00 Å². The fraction of sp³-hybridized carbons (Fsp3) is 0.231. The Morgan fingerprint density at radius 3 is 2.41 bits per heavy atom. The average Bonchev–Trinajstić information content (AvgIpc) is 3.21. The van der Waals surface area contributed by atoms with Crippen LogP contribution in [0.2, 0.25) is 0 Å². The lowest BCUT2D eigenvalue weighted by Crippen LogP contribution is -2.12. The molecule has 0 saturated carbocycles. The summed E-state index contributed by atoms with van der Waals surface area (Å²) in [6, 6.07) is 15.4. The number of esters is 1. The van der Waals surface area contributed by atoms with Gasteiger partial charge in [0.1, 0.15) is 16.3 Å². The Hall–Kier alpha value is -3.38. The molecule has 0 spiro atoms. The molecule has 0 aliphatic rings. The smallest absolute Gasteiger partial charge is 0.341 e. The number of carbonyl (C=O) groups is 2. The van der Waals surface area contributed by atoms with Gasteiger partial charge in [0.15, 0.2) is 0 Å². The third kappa shape index (κ3) is 6.08. The van der Waals surface area contributed by atoms with Crippen LogP contribution < -0.4 is 10.1 Å². The summed E-state index contributed by atoms with van der Waals surface area (Å²) in [4.78, 5) is 25.2. The zero-order chi connectivity index (χ0) is 22.9. The van der Waals surface area contributed by atoms with Gasteiger partial charge in [-0.05, 0) is 49.6 Å². The van der Waals surface area contributed by atoms with E-state index in [9.17, 15) is 9.59 Å². The van der Waals surface area contributed by atoms with Crippen LogP contribution >= 0.6 is 11.3 Å². The maximum absolute atomic E-state index is 12.7. The molecule has 6 heteroatoms. The van der Waals surface area contributed by atoms with Gasteiger partial charge in [-0.25, -0.2) is 4.79 Å². The van der Waals surface area contributed by atoms with Crippen molar-refractivity contribution in [2.45, 2.75) is 27.2 Å². The molecule has 166 valence electrons. The van der Waals surface area contributed by atoms with Gasteiger partial charge < -0.3 is 14.8 Å². The molecule has 1 N–H and O–H groups in total. The van der Waals surface area contributed by atoms with Crippen molar-refractivity contribution in [2.24, 2.45) is 0 Å². The van der Waals surface area contributed by atoms with Gasteiger partial charge in [0.05, 0.1) is 13.2 Å². The highest BCUT2D eigenvalue weighted by Gasteiger charge is 2.22. The number of hydrogen-bond acceptors (Lipinski definition) is 5. The number of ether oxygens (including phenoxy) is 2. The summed E-state index contributed by atoms with van der Waals surface area (Å²) in [6.07, 6.45) is 4.11. The van der Waals surface area contributed by atoms with E-state index in [1.807, 2.05) is 60.8 Å². The molecule has 32 heavy (non-hydrogen) atoms. The Morgan fingerprint density at radius 2 is 1.75 bits per heavy atom. The Balaban J connectivity index is 1.77. The number of benzene rings is 2. The second kappa shape index (κ2) is 11.3. The average molecular weight is 450 g/mol. The number of amides is 1. The largest absolute Gasteiger partial charge is 0.494 e. The lowest BCUT2D eigenvalue weighted by Gasteiger charge is -2.08. The van der Waals surface area contributed by atoms with Crippen molar-refractivity contribution in [3.8, 4) is 16.9 Å². The molecule has 1 heterocycles. The monoisotopic (exact) mass is 449 g/mol. The van der Waals surface area contributed by atoms with Crippen LogP contribution in [0.3, 0.4) is 0 Å². The first-order chi connectivity index (χ1) is 15.5. The number of rotatable bonds is 9. The van der Waals surface area contributed by atoms with Crippen molar-refractivity contribution in [3.63, 3.8) is 0 Å². The number of thiophene rings is 1. The Bertz CT molecular complexity index is 1080. The molecule has 0 unspecified atom stereocenters. The second-order valence-electron chi connectivity index (χ2n) is 7.18. The van der Waals surface area contributed by atoms with E-state index in [1.165, 1.54) is 17.4 Å². The molecule has 1 amide bonds. The van der Waals surface area contributed by atoms with Gasteiger partial charge in [-0.15, -0.1) is 11.3 Å². The summed E-state index contributed by atoms with van der Waals surface area (Å²) >= 11 is 1.31. The number of carbonyl (C=O) groups excluding carboxylic acids is 2. The molecular weight excluding hydrogens is 422 g/mol. The highest BCUT2D eigenvalue weighted by atomic mass is 32.1. The molecule has 0 fully saturated rings. The molecule has 0 aliphatic heterocycles. The predicted molar refractivity (Wildman–Crippen MR) is 130 cm³/mol.